The van der Waals surface area contributed by atoms with Crippen molar-refractivity contribution in [3.63, 3.8) is 0 Å². The number of nitrogens with zero attached hydrogens (tertiary/aromatic N) is 5. The van der Waals surface area contributed by atoms with Gasteiger partial charge in [0.1, 0.15) is 11.5 Å². The fraction of sp³-hybridized carbons (Fsp3) is 0.556. The Hall–Kier alpha value is -2.76. The highest BCUT2D eigenvalue weighted by molar-refractivity contribution is 7.80. The van der Waals surface area contributed by atoms with Crippen molar-refractivity contribution < 1.29 is 19.2 Å². The molecule has 0 saturated carbocycles. The Morgan fingerprint density at radius 3 is 1.37 bits per heavy atom. The molecule has 0 atom stereocenters. The maximum absolute atomic E-state index is 12.6. The van der Waals surface area contributed by atoms with Crippen LogP contribution in [0.1, 0.15) is 48.5 Å². The van der Waals surface area contributed by atoms with Crippen LogP contribution < -0.4 is 0 Å². The Morgan fingerprint density at radius 1 is 0.632 bits per heavy atom. The number of allylic oxidation sites excluding steroid dienone is 4. The van der Waals surface area contributed by atoms with E-state index >= 15 is 0 Å². The molecule has 38 heavy (non-hydrogen) atoms. The van der Waals surface area contributed by atoms with Crippen molar-refractivity contribution in [2.24, 2.45) is 5.92 Å². The van der Waals surface area contributed by atoms with E-state index in [-0.39, 0.29) is 27.6 Å². The first kappa shape index (κ1) is 33.3. The lowest BCUT2D eigenvalue weighted by Crippen LogP contribution is -2.58. The third kappa shape index (κ3) is 7.64. The van der Waals surface area contributed by atoms with Crippen LogP contribution in [-0.2, 0) is 19.2 Å². The lowest BCUT2D eigenvalue weighted by molar-refractivity contribution is -0.144. The number of amides is 4. The Bertz CT molecular complexity index is 944. The van der Waals surface area contributed by atoms with Gasteiger partial charge in [-0.25, -0.2) is 0 Å². The van der Waals surface area contributed by atoms with Crippen LogP contribution in [-0.4, -0.2) is 104 Å². The summed E-state index contributed by atoms with van der Waals surface area (Å²) in [6, 6.07) is 0. The van der Waals surface area contributed by atoms with Gasteiger partial charge in [-0.2, -0.15) is 0 Å². The minimum atomic E-state index is -0.967. The van der Waals surface area contributed by atoms with Gasteiger partial charge in [-0.15, -0.1) is 0 Å². The number of likely N-dealkylation sites (N-methyl/N-ethyl adjacent to an activating group) is 2. The first-order valence-corrected chi connectivity index (χ1v) is 14.0. The summed E-state index contributed by atoms with van der Waals surface area (Å²) in [5.41, 5.74) is 0.00596. The van der Waals surface area contributed by atoms with E-state index in [1.165, 1.54) is 57.5 Å². The average molecular weight is 564 g/mol. The summed E-state index contributed by atoms with van der Waals surface area (Å²) in [5, 5.41) is 0.423. The van der Waals surface area contributed by atoms with Crippen LogP contribution in [0.5, 0.6) is 0 Å². The predicted molar refractivity (Wildman–Crippen MR) is 158 cm³/mol. The topological polar surface area (TPSA) is 84.5 Å². The van der Waals surface area contributed by atoms with E-state index < -0.39 is 17.7 Å². The van der Waals surface area contributed by atoms with Crippen LogP contribution in [0.25, 0.3) is 0 Å². The van der Waals surface area contributed by atoms with Crippen molar-refractivity contribution in [3.05, 3.63) is 36.0 Å². The maximum atomic E-state index is 12.6. The van der Waals surface area contributed by atoms with E-state index in [0.717, 1.165) is 0 Å². The highest BCUT2D eigenvalue weighted by atomic mass is 32.1. The molecule has 210 valence electrons. The van der Waals surface area contributed by atoms with Crippen molar-refractivity contribution in [1.29, 1.82) is 0 Å². The summed E-state index contributed by atoms with van der Waals surface area (Å²) >= 11 is 10.5. The van der Waals surface area contributed by atoms with Crippen LogP contribution in [0.3, 0.4) is 0 Å². The van der Waals surface area contributed by atoms with Gasteiger partial charge in [0.25, 0.3) is 11.8 Å². The van der Waals surface area contributed by atoms with Crippen LogP contribution >= 0.6 is 24.4 Å². The number of carbonyl (C=O) groups excluding carboxylic acids is 4. The number of hydrogen-bond acceptors (Lipinski definition) is 7. The predicted octanol–water partition coefficient (Wildman–Crippen LogP) is 2.98. The molecule has 2 aliphatic heterocycles. The van der Waals surface area contributed by atoms with Crippen molar-refractivity contribution in [2.75, 3.05) is 45.8 Å². The number of carbonyl (C=O) groups is 4. The Balaban J connectivity index is 0.000000905. The molecule has 0 aliphatic carbocycles. The van der Waals surface area contributed by atoms with Crippen LogP contribution in [0.15, 0.2) is 36.0 Å². The third-order valence-corrected chi connectivity index (χ3v) is 7.22. The number of rotatable bonds is 10. The molecule has 9 nitrogen and oxygen atoms in total. The lowest BCUT2D eigenvalue weighted by Gasteiger charge is -2.37. The van der Waals surface area contributed by atoms with E-state index in [0.29, 0.717) is 26.2 Å². The first-order chi connectivity index (χ1) is 18.1. The van der Waals surface area contributed by atoms with Gasteiger partial charge in [0.05, 0.1) is 0 Å². The summed E-state index contributed by atoms with van der Waals surface area (Å²) in [6.45, 7) is 18.8. The van der Waals surface area contributed by atoms with Gasteiger partial charge >= 0.3 is 0 Å². The standard InChI is InChI=1S/C21H26N4O4S2.C6H15N/c1-5-22-16(26)14(17(27)23(6-2)20(22)30)12-10-9-11-13-15-18(28)24(7-3)21(31)25(8-4)19(15)29;1-4-7(5-2)6-3/h9-14H,5-8H2,1-4H3;4-6H2,1-3H3/b11-9+,12-10+;. The molecule has 0 bridgehead atoms. The quantitative estimate of drug-likeness (QED) is 0.133. The molecule has 0 N–H and O–H groups in total. The van der Waals surface area contributed by atoms with Crippen LogP contribution in [0.2, 0.25) is 0 Å². The molecule has 11 heteroatoms. The van der Waals surface area contributed by atoms with Gasteiger partial charge < -0.3 is 4.90 Å². The normalized spacial score (nSPS) is 17.5. The molecule has 0 radical (unpaired) electrons. The Labute approximate surface area is 237 Å². The molecule has 2 heterocycles. The van der Waals surface area contributed by atoms with Gasteiger partial charge in [0.15, 0.2) is 10.2 Å². The highest BCUT2D eigenvalue weighted by Crippen LogP contribution is 2.20. The van der Waals surface area contributed by atoms with Crippen molar-refractivity contribution in [3.8, 4) is 0 Å². The van der Waals surface area contributed by atoms with Gasteiger partial charge in [-0.1, -0.05) is 45.1 Å². The molecule has 2 aliphatic rings. The number of hydrogen-bond donors (Lipinski definition) is 0. The Kier molecular flexibility index (Phi) is 14.2. The van der Waals surface area contributed by atoms with E-state index in [1.807, 2.05) is 0 Å². The molecule has 2 rings (SSSR count). The van der Waals surface area contributed by atoms with Crippen LogP contribution in [0, 0.1) is 5.92 Å². The molecule has 0 aromatic rings. The largest absolute Gasteiger partial charge is 0.304 e. The van der Waals surface area contributed by atoms with Crippen molar-refractivity contribution >= 4 is 58.3 Å². The SMILES string of the molecule is CCN(CC)CC.CCN1C(=O)C(=C/C=C/C=C/C2C(=O)N(CC)C(=S)N(CC)C2=O)C(=O)N(CC)C1=S. The highest BCUT2D eigenvalue weighted by Gasteiger charge is 2.41. The van der Waals surface area contributed by atoms with Crippen LogP contribution in [0.4, 0.5) is 0 Å². The zero-order valence-corrected chi connectivity index (χ0v) is 25.2. The summed E-state index contributed by atoms with van der Waals surface area (Å²) < 4.78 is 0. The molecular weight excluding hydrogens is 522 g/mol. The average Bonchev–Trinajstić information content (AvgIpc) is 2.89. The van der Waals surface area contributed by atoms with Crippen molar-refractivity contribution in [2.45, 2.75) is 48.5 Å². The van der Waals surface area contributed by atoms with Gasteiger partial charge in [0, 0.05) is 26.2 Å². The molecule has 2 fully saturated rings. The Morgan fingerprint density at radius 2 is 1.03 bits per heavy atom. The first-order valence-electron chi connectivity index (χ1n) is 13.2. The monoisotopic (exact) mass is 563 g/mol. The second-order valence-electron chi connectivity index (χ2n) is 8.28. The molecule has 0 aromatic heterocycles. The fourth-order valence-electron chi connectivity index (χ4n) is 3.99. The minimum Gasteiger partial charge on any atom is -0.304 e. The molecule has 2 saturated heterocycles. The van der Waals surface area contributed by atoms with E-state index in [9.17, 15) is 19.2 Å². The van der Waals surface area contributed by atoms with Crippen molar-refractivity contribution in [1.82, 2.24) is 24.5 Å². The van der Waals surface area contributed by atoms with E-state index in [2.05, 4.69) is 25.7 Å². The lowest BCUT2D eigenvalue weighted by atomic mass is 10.0. The molecule has 0 aromatic carbocycles. The second-order valence-corrected chi connectivity index (χ2v) is 9.01. The zero-order valence-electron chi connectivity index (χ0n) is 23.6. The molecular formula is C27H41N5O4S2. The van der Waals surface area contributed by atoms with Gasteiger partial charge in [-0.3, -0.25) is 38.8 Å². The molecule has 4 amide bonds. The van der Waals surface area contributed by atoms with E-state index in [1.54, 1.807) is 39.8 Å². The van der Waals surface area contributed by atoms with Gasteiger partial charge in [0.2, 0.25) is 11.8 Å². The summed E-state index contributed by atoms with van der Waals surface area (Å²) in [5.74, 6) is -2.59. The zero-order chi connectivity index (χ0) is 29.0. The second kappa shape index (κ2) is 16.3. The van der Waals surface area contributed by atoms with E-state index in [4.69, 9.17) is 24.4 Å². The fourth-order valence-corrected chi connectivity index (χ4v) is 4.85. The summed E-state index contributed by atoms with van der Waals surface area (Å²) in [6.07, 6.45) is 7.54. The van der Waals surface area contributed by atoms with Gasteiger partial charge in [-0.05, 0) is 77.8 Å². The minimum absolute atomic E-state index is 0.00596. The molecule has 0 spiro atoms. The number of thiocarbonyl (C=S) groups is 2. The molecule has 0 unspecified atom stereocenters. The smallest absolute Gasteiger partial charge is 0.265 e. The summed E-state index contributed by atoms with van der Waals surface area (Å²) in [4.78, 5) is 58.2. The maximum Gasteiger partial charge on any atom is 0.265 e. The third-order valence-electron chi connectivity index (χ3n) is 6.33. The summed E-state index contributed by atoms with van der Waals surface area (Å²) in [7, 11) is 0.